The lowest BCUT2D eigenvalue weighted by Crippen LogP contribution is -2.37. The van der Waals surface area contributed by atoms with E-state index in [-0.39, 0.29) is 18.6 Å². The second-order valence-electron chi connectivity index (χ2n) is 6.47. The molecule has 2 heterocycles. The Morgan fingerprint density at radius 3 is 2.85 bits per heavy atom. The first-order valence-electron chi connectivity index (χ1n) is 8.99. The van der Waals surface area contributed by atoms with E-state index >= 15 is 0 Å². The monoisotopic (exact) mass is 388 g/mol. The van der Waals surface area contributed by atoms with Crippen molar-refractivity contribution in [1.82, 2.24) is 4.90 Å². The largest absolute Gasteiger partial charge is 0.465 e. The number of carbonyl (C=O) groups excluding carboxylic acids is 2. The summed E-state index contributed by atoms with van der Waals surface area (Å²) in [5.74, 6) is -0.637. The molecule has 144 valence electrons. The number of benzene rings is 1. The Balaban J connectivity index is 1.65. The number of methoxy groups -OCH3 is 1. The Morgan fingerprint density at radius 2 is 2.15 bits per heavy atom. The van der Waals surface area contributed by atoms with Crippen LogP contribution in [0.4, 0.5) is 5.69 Å². The van der Waals surface area contributed by atoms with Crippen molar-refractivity contribution in [3.63, 3.8) is 0 Å². The summed E-state index contributed by atoms with van der Waals surface area (Å²) in [6, 6.07) is 10.9. The molecular weight excluding hydrogens is 364 g/mol. The SMILES string of the molecule is COC(=O)c1ccccc1NC(=O)CN(Cc1cccs1)C[C@H]1CCCO1. The molecule has 6 nitrogen and oxygen atoms in total. The Bertz CT molecular complexity index is 757. The number of thiophene rings is 1. The molecule has 1 aliphatic rings. The summed E-state index contributed by atoms with van der Waals surface area (Å²) in [6.07, 6.45) is 2.25. The molecule has 1 amide bonds. The van der Waals surface area contributed by atoms with Crippen molar-refractivity contribution in [3.8, 4) is 0 Å². The van der Waals surface area contributed by atoms with Gasteiger partial charge in [-0.25, -0.2) is 4.79 Å². The van der Waals surface area contributed by atoms with Gasteiger partial charge < -0.3 is 14.8 Å². The minimum atomic E-state index is -0.472. The molecule has 0 aliphatic carbocycles. The van der Waals surface area contributed by atoms with Crippen LogP contribution in [0.25, 0.3) is 0 Å². The summed E-state index contributed by atoms with van der Waals surface area (Å²) >= 11 is 1.67. The topological polar surface area (TPSA) is 67.9 Å². The molecule has 0 bridgehead atoms. The standard InChI is InChI=1S/C20H24N2O4S/c1-25-20(24)17-8-2-3-9-18(17)21-19(23)14-22(12-15-6-4-10-26-15)13-16-7-5-11-27-16/h2-3,5,7-9,11,15H,4,6,10,12-14H2,1H3,(H,21,23)/t15-/m1/s1. The molecule has 2 aromatic rings. The average Bonchev–Trinajstić information content (AvgIpc) is 3.35. The molecule has 27 heavy (non-hydrogen) atoms. The van der Waals surface area contributed by atoms with E-state index in [9.17, 15) is 9.59 Å². The summed E-state index contributed by atoms with van der Waals surface area (Å²) in [5.41, 5.74) is 0.805. The molecule has 3 rings (SSSR count). The molecule has 0 unspecified atom stereocenters. The highest BCUT2D eigenvalue weighted by molar-refractivity contribution is 7.09. The molecule has 0 radical (unpaired) electrons. The van der Waals surface area contributed by atoms with E-state index in [1.165, 1.54) is 12.0 Å². The number of nitrogens with zero attached hydrogens (tertiary/aromatic N) is 1. The lowest BCUT2D eigenvalue weighted by molar-refractivity contribution is -0.117. The fourth-order valence-corrected chi connectivity index (χ4v) is 3.90. The van der Waals surface area contributed by atoms with Crippen molar-refractivity contribution in [2.24, 2.45) is 0 Å². The molecule has 1 aliphatic heterocycles. The fourth-order valence-electron chi connectivity index (χ4n) is 3.16. The number of rotatable bonds is 8. The normalized spacial score (nSPS) is 16.4. The Morgan fingerprint density at radius 1 is 1.30 bits per heavy atom. The van der Waals surface area contributed by atoms with E-state index in [0.29, 0.717) is 24.3 Å². The van der Waals surface area contributed by atoms with E-state index in [0.717, 1.165) is 19.4 Å². The summed E-state index contributed by atoms with van der Waals surface area (Å²) in [5, 5.41) is 4.88. The first kappa shape index (κ1) is 19.5. The number of anilines is 1. The molecule has 1 aromatic carbocycles. The summed E-state index contributed by atoms with van der Waals surface area (Å²) in [7, 11) is 1.32. The molecule has 1 atom stereocenters. The van der Waals surface area contributed by atoms with Gasteiger partial charge in [0, 0.05) is 24.6 Å². The maximum Gasteiger partial charge on any atom is 0.339 e. The number of hydrogen-bond acceptors (Lipinski definition) is 6. The van der Waals surface area contributed by atoms with Crippen molar-refractivity contribution in [3.05, 3.63) is 52.2 Å². The van der Waals surface area contributed by atoms with Crippen LogP contribution in [0.5, 0.6) is 0 Å². The van der Waals surface area contributed by atoms with Gasteiger partial charge >= 0.3 is 5.97 Å². The first-order valence-corrected chi connectivity index (χ1v) is 9.87. The Kier molecular flexibility index (Phi) is 6.98. The van der Waals surface area contributed by atoms with Crippen molar-refractivity contribution in [2.75, 3.05) is 32.1 Å². The van der Waals surface area contributed by atoms with Crippen molar-refractivity contribution in [2.45, 2.75) is 25.5 Å². The fraction of sp³-hybridized carbons (Fsp3) is 0.400. The van der Waals surface area contributed by atoms with Gasteiger partial charge in [-0.3, -0.25) is 9.69 Å². The number of hydrogen-bond donors (Lipinski definition) is 1. The third kappa shape index (κ3) is 5.63. The third-order valence-corrected chi connectivity index (χ3v) is 5.28. The number of para-hydroxylation sites is 1. The minimum Gasteiger partial charge on any atom is -0.465 e. The smallest absolute Gasteiger partial charge is 0.339 e. The first-order chi connectivity index (χ1) is 13.2. The van der Waals surface area contributed by atoms with Crippen LogP contribution in [0.2, 0.25) is 0 Å². The molecule has 0 saturated carbocycles. The Hall–Kier alpha value is -2.22. The van der Waals surface area contributed by atoms with Crippen LogP contribution in [0, 0.1) is 0 Å². The van der Waals surface area contributed by atoms with Gasteiger partial charge in [-0.2, -0.15) is 0 Å². The van der Waals surface area contributed by atoms with E-state index in [2.05, 4.69) is 16.3 Å². The average molecular weight is 388 g/mol. The summed E-state index contributed by atoms with van der Waals surface area (Å²) in [6.45, 7) is 2.43. The lowest BCUT2D eigenvalue weighted by Gasteiger charge is -2.24. The number of esters is 1. The predicted octanol–water partition coefficient (Wildman–Crippen LogP) is 3.15. The highest BCUT2D eigenvalue weighted by Crippen LogP contribution is 2.19. The van der Waals surface area contributed by atoms with Gasteiger partial charge in [-0.05, 0) is 36.4 Å². The molecule has 1 saturated heterocycles. The lowest BCUT2D eigenvalue weighted by atomic mass is 10.1. The molecule has 1 fully saturated rings. The second-order valence-corrected chi connectivity index (χ2v) is 7.50. The van der Waals surface area contributed by atoms with Gasteiger partial charge in [-0.15, -0.1) is 11.3 Å². The summed E-state index contributed by atoms with van der Waals surface area (Å²) < 4.78 is 10.5. The van der Waals surface area contributed by atoms with Gasteiger partial charge in [0.25, 0.3) is 0 Å². The van der Waals surface area contributed by atoms with Crippen molar-refractivity contribution < 1.29 is 19.1 Å². The molecule has 0 spiro atoms. The van der Waals surface area contributed by atoms with E-state index in [4.69, 9.17) is 9.47 Å². The number of amides is 1. The Labute approximate surface area is 163 Å². The zero-order chi connectivity index (χ0) is 19.1. The quantitative estimate of drug-likeness (QED) is 0.704. The van der Waals surface area contributed by atoms with Crippen LogP contribution in [-0.2, 0) is 20.8 Å². The van der Waals surface area contributed by atoms with Crippen LogP contribution in [0.15, 0.2) is 41.8 Å². The van der Waals surface area contributed by atoms with Gasteiger partial charge in [0.1, 0.15) is 0 Å². The van der Waals surface area contributed by atoms with Crippen LogP contribution in [-0.4, -0.2) is 49.7 Å². The van der Waals surface area contributed by atoms with Crippen LogP contribution >= 0.6 is 11.3 Å². The molecule has 1 aromatic heterocycles. The van der Waals surface area contributed by atoms with Crippen molar-refractivity contribution >= 4 is 28.9 Å². The zero-order valence-corrected chi connectivity index (χ0v) is 16.2. The van der Waals surface area contributed by atoms with Crippen molar-refractivity contribution in [1.29, 1.82) is 0 Å². The molecule has 1 N–H and O–H groups in total. The van der Waals surface area contributed by atoms with Gasteiger partial charge in [0.15, 0.2) is 0 Å². The maximum atomic E-state index is 12.6. The number of ether oxygens (including phenoxy) is 2. The summed E-state index contributed by atoms with van der Waals surface area (Å²) in [4.78, 5) is 27.8. The highest BCUT2D eigenvalue weighted by Gasteiger charge is 2.22. The van der Waals surface area contributed by atoms with Crippen LogP contribution in [0.1, 0.15) is 28.1 Å². The van der Waals surface area contributed by atoms with E-state index in [1.54, 1.807) is 35.6 Å². The predicted molar refractivity (Wildman–Crippen MR) is 105 cm³/mol. The minimum absolute atomic E-state index is 0.166. The number of carbonyl (C=O) groups is 2. The van der Waals surface area contributed by atoms with Crippen LogP contribution < -0.4 is 5.32 Å². The third-order valence-electron chi connectivity index (χ3n) is 4.42. The zero-order valence-electron chi connectivity index (χ0n) is 15.3. The maximum absolute atomic E-state index is 12.6. The van der Waals surface area contributed by atoms with Crippen LogP contribution in [0.3, 0.4) is 0 Å². The van der Waals surface area contributed by atoms with E-state index < -0.39 is 5.97 Å². The van der Waals surface area contributed by atoms with Gasteiger partial charge in [0.05, 0.1) is 31.0 Å². The second kappa shape index (κ2) is 9.64. The highest BCUT2D eigenvalue weighted by atomic mass is 32.1. The van der Waals surface area contributed by atoms with Gasteiger partial charge in [-0.1, -0.05) is 18.2 Å². The number of nitrogens with one attached hydrogen (secondary N) is 1. The molecular formula is C20H24N2O4S. The van der Waals surface area contributed by atoms with E-state index in [1.807, 2.05) is 11.4 Å². The molecule has 7 heteroatoms. The van der Waals surface area contributed by atoms with Gasteiger partial charge in [0.2, 0.25) is 5.91 Å².